The Bertz CT molecular complexity index is 952. The summed E-state index contributed by atoms with van der Waals surface area (Å²) in [5.74, 6) is -3.52. The smallest absolute Gasteiger partial charge is 0.303 e. The van der Waals surface area contributed by atoms with Crippen LogP contribution in [0.25, 0.3) is 0 Å². The zero-order valence-corrected chi connectivity index (χ0v) is 21.5. The van der Waals surface area contributed by atoms with Crippen LogP contribution in [0.5, 0.6) is 0 Å². The fourth-order valence-corrected chi connectivity index (χ4v) is 6.91. The number of hydrogen-bond donors (Lipinski definition) is 3. The second kappa shape index (κ2) is 9.01. The number of esters is 3. The summed E-state index contributed by atoms with van der Waals surface area (Å²) in [6.07, 6.45) is -3.94. The van der Waals surface area contributed by atoms with Crippen LogP contribution in [0.2, 0.25) is 0 Å². The molecule has 3 aliphatic carbocycles. The predicted molar refractivity (Wildman–Crippen MR) is 125 cm³/mol. The van der Waals surface area contributed by atoms with Gasteiger partial charge in [-0.3, -0.25) is 14.4 Å². The molecule has 2 bridgehead atoms. The van der Waals surface area contributed by atoms with Gasteiger partial charge in [-0.2, -0.15) is 0 Å². The first-order chi connectivity index (χ1) is 16.0. The Morgan fingerprint density at radius 1 is 0.971 bits per heavy atom. The molecule has 0 saturated heterocycles. The number of ether oxygens (including phenoxy) is 3. The number of hydrogen-bond acceptors (Lipinski definition) is 9. The summed E-state index contributed by atoms with van der Waals surface area (Å²) in [5, 5.41) is 35.1. The van der Waals surface area contributed by atoms with Gasteiger partial charge >= 0.3 is 17.9 Å². The number of allylic oxidation sites excluding steroid dienone is 1. The van der Waals surface area contributed by atoms with Crippen LogP contribution < -0.4 is 0 Å². The van der Waals surface area contributed by atoms with E-state index in [2.05, 4.69) is 6.58 Å². The predicted octanol–water partition coefficient (Wildman–Crippen LogP) is 1.82. The molecular formula is C26H38O9. The number of aliphatic hydroxyl groups is 3. The summed E-state index contributed by atoms with van der Waals surface area (Å²) in [4.78, 5) is 36.9. The summed E-state index contributed by atoms with van der Waals surface area (Å²) in [6, 6.07) is 0. The minimum absolute atomic E-state index is 0.0655. The van der Waals surface area contributed by atoms with Gasteiger partial charge in [0.15, 0.2) is 12.2 Å². The fraction of sp³-hybridized carbons (Fsp3) is 0.731. The van der Waals surface area contributed by atoms with E-state index < -0.39 is 76.7 Å². The molecule has 0 aromatic carbocycles. The van der Waals surface area contributed by atoms with Gasteiger partial charge in [-0.05, 0) is 30.4 Å². The third kappa shape index (κ3) is 4.01. The molecular weight excluding hydrogens is 456 g/mol. The van der Waals surface area contributed by atoms with Gasteiger partial charge in [0.2, 0.25) is 0 Å². The number of rotatable bonds is 3. The highest BCUT2D eigenvalue weighted by Crippen LogP contribution is 2.62. The summed E-state index contributed by atoms with van der Waals surface area (Å²) < 4.78 is 17.3. The van der Waals surface area contributed by atoms with E-state index in [0.717, 1.165) is 0 Å². The third-order valence-corrected chi connectivity index (χ3v) is 8.76. The van der Waals surface area contributed by atoms with Crippen LogP contribution in [0.15, 0.2) is 23.8 Å². The van der Waals surface area contributed by atoms with Crippen LogP contribution in [0.4, 0.5) is 0 Å². The van der Waals surface area contributed by atoms with E-state index in [1.807, 2.05) is 0 Å². The summed E-state index contributed by atoms with van der Waals surface area (Å²) >= 11 is 0. The van der Waals surface area contributed by atoms with Crippen molar-refractivity contribution < 1.29 is 43.9 Å². The Balaban J connectivity index is 2.43. The highest BCUT2D eigenvalue weighted by molar-refractivity contribution is 5.68. The molecule has 3 aliphatic rings. The molecule has 9 atom stereocenters. The van der Waals surface area contributed by atoms with Crippen molar-refractivity contribution in [2.45, 2.75) is 97.4 Å². The Morgan fingerprint density at radius 3 is 2.00 bits per heavy atom. The molecule has 196 valence electrons. The summed E-state index contributed by atoms with van der Waals surface area (Å²) in [5.41, 5.74) is -3.50. The molecule has 3 rings (SSSR count). The molecule has 0 aromatic rings. The molecule has 3 N–H and O–H groups in total. The SMILES string of the molecule is C=C1[C@@H](O)C[C@H](OC(C)=O)[C@@]2(C)[C@@H](OC(C)=O)[C@H](OC(C)=O)[C@@]3(O)C(C)=CC[C@@H]([C@@H](O)[C@H]12)C3(C)C. The van der Waals surface area contributed by atoms with E-state index in [1.54, 1.807) is 33.8 Å². The maximum atomic E-state index is 12.4. The summed E-state index contributed by atoms with van der Waals surface area (Å²) in [6.45, 7) is 14.6. The van der Waals surface area contributed by atoms with Crippen LogP contribution in [0, 0.1) is 22.7 Å². The molecule has 0 radical (unpaired) electrons. The molecule has 0 amide bonds. The topological polar surface area (TPSA) is 140 Å². The number of fused-ring (bicyclic) bond motifs is 3. The van der Waals surface area contributed by atoms with Gasteiger partial charge in [-0.15, -0.1) is 0 Å². The van der Waals surface area contributed by atoms with E-state index in [0.29, 0.717) is 17.6 Å². The van der Waals surface area contributed by atoms with E-state index in [9.17, 15) is 29.7 Å². The zero-order chi connectivity index (χ0) is 26.7. The van der Waals surface area contributed by atoms with Crippen molar-refractivity contribution in [2.75, 3.05) is 0 Å². The van der Waals surface area contributed by atoms with Gasteiger partial charge in [-0.25, -0.2) is 0 Å². The number of carbonyl (C=O) groups is 3. The van der Waals surface area contributed by atoms with Crippen molar-refractivity contribution in [3.8, 4) is 0 Å². The quantitative estimate of drug-likeness (QED) is 0.304. The van der Waals surface area contributed by atoms with Crippen LogP contribution in [-0.2, 0) is 28.6 Å². The molecule has 9 nitrogen and oxygen atoms in total. The molecule has 2 fully saturated rings. The van der Waals surface area contributed by atoms with E-state index >= 15 is 0 Å². The molecule has 35 heavy (non-hydrogen) atoms. The van der Waals surface area contributed by atoms with Crippen molar-refractivity contribution in [1.82, 2.24) is 0 Å². The average molecular weight is 495 g/mol. The first kappa shape index (κ1) is 27.4. The molecule has 9 heteroatoms. The van der Waals surface area contributed by atoms with Crippen molar-refractivity contribution in [3.63, 3.8) is 0 Å². The first-order valence-electron chi connectivity index (χ1n) is 12.0. The second-order valence-electron chi connectivity index (χ2n) is 11.0. The first-order valence-corrected chi connectivity index (χ1v) is 12.0. The van der Waals surface area contributed by atoms with Crippen molar-refractivity contribution in [1.29, 1.82) is 0 Å². The molecule has 0 aliphatic heterocycles. The van der Waals surface area contributed by atoms with Crippen LogP contribution in [-0.4, -0.2) is 69.3 Å². The van der Waals surface area contributed by atoms with Gasteiger partial charge < -0.3 is 29.5 Å². The minimum atomic E-state index is -1.84. The fourth-order valence-electron chi connectivity index (χ4n) is 6.91. The summed E-state index contributed by atoms with van der Waals surface area (Å²) in [7, 11) is 0. The highest BCUT2D eigenvalue weighted by Gasteiger charge is 2.71. The maximum Gasteiger partial charge on any atom is 0.303 e. The average Bonchev–Trinajstić information content (AvgIpc) is 2.71. The van der Waals surface area contributed by atoms with Crippen LogP contribution >= 0.6 is 0 Å². The van der Waals surface area contributed by atoms with E-state index in [1.165, 1.54) is 20.8 Å². The van der Waals surface area contributed by atoms with Gasteiger partial charge in [-0.1, -0.05) is 33.4 Å². The maximum absolute atomic E-state index is 12.4. The Morgan fingerprint density at radius 2 is 1.49 bits per heavy atom. The standard InChI is InChI=1S/C26H38O9/c1-12-9-10-17-21(31)20-13(2)18(30)11-19(33-14(3)27)25(20,8)22(34-15(4)28)23(35-16(5)29)26(12,32)24(17,6)7/h9,17-23,30-32H,2,10-11H2,1,3-8H3/t17-,18-,19-,20-,21+,22-,23-,25+,26-/m0/s1. The molecule has 0 aromatic heterocycles. The zero-order valence-electron chi connectivity index (χ0n) is 21.5. The second-order valence-corrected chi connectivity index (χ2v) is 11.0. The van der Waals surface area contributed by atoms with Gasteiger partial charge in [0.25, 0.3) is 0 Å². The minimum Gasteiger partial charge on any atom is -0.462 e. The lowest BCUT2D eigenvalue weighted by Gasteiger charge is -2.64. The Labute approximate surface area is 206 Å². The lowest BCUT2D eigenvalue weighted by molar-refractivity contribution is -0.273. The highest BCUT2D eigenvalue weighted by atomic mass is 16.6. The van der Waals surface area contributed by atoms with Gasteiger partial charge in [0, 0.05) is 38.5 Å². The Hall–Kier alpha value is -2.23. The lowest BCUT2D eigenvalue weighted by atomic mass is 9.46. The molecule has 2 saturated carbocycles. The molecule has 0 unspecified atom stereocenters. The molecule has 0 spiro atoms. The normalized spacial score (nSPS) is 42.5. The Kier molecular flexibility index (Phi) is 7.05. The lowest BCUT2D eigenvalue weighted by Crippen LogP contribution is -2.74. The van der Waals surface area contributed by atoms with Crippen molar-refractivity contribution in [3.05, 3.63) is 23.8 Å². The van der Waals surface area contributed by atoms with Crippen molar-refractivity contribution >= 4 is 17.9 Å². The number of carbonyl (C=O) groups excluding carboxylic acids is 3. The largest absolute Gasteiger partial charge is 0.462 e. The van der Waals surface area contributed by atoms with Gasteiger partial charge in [0.05, 0.1) is 17.6 Å². The van der Waals surface area contributed by atoms with E-state index in [4.69, 9.17) is 14.2 Å². The number of aliphatic hydroxyl groups excluding tert-OH is 2. The van der Waals surface area contributed by atoms with Crippen molar-refractivity contribution in [2.24, 2.45) is 22.7 Å². The van der Waals surface area contributed by atoms with Crippen LogP contribution in [0.1, 0.15) is 61.3 Å². The van der Waals surface area contributed by atoms with Crippen LogP contribution in [0.3, 0.4) is 0 Å². The van der Waals surface area contributed by atoms with Gasteiger partial charge in [0.1, 0.15) is 11.7 Å². The monoisotopic (exact) mass is 494 g/mol. The molecule has 0 heterocycles. The third-order valence-electron chi connectivity index (χ3n) is 8.76. The van der Waals surface area contributed by atoms with E-state index in [-0.39, 0.29) is 6.42 Å².